The Morgan fingerprint density at radius 1 is 1.45 bits per heavy atom. The van der Waals surface area contributed by atoms with Crippen LogP contribution in [0.25, 0.3) is 0 Å². The van der Waals surface area contributed by atoms with Gasteiger partial charge in [0.25, 0.3) is 0 Å². The second-order valence-electron chi connectivity index (χ2n) is 4.69. The predicted octanol–water partition coefficient (Wildman–Crippen LogP) is 1.81. The fourth-order valence-electron chi connectivity index (χ4n) is 1.08. The molecule has 1 rings (SSSR count). The Balaban J connectivity index is 2.45. The van der Waals surface area contributed by atoms with E-state index < -0.39 is 17.7 Å². The van der Waals surface area contributed by atoms with Crippen LogP contribution in [0.15, 0.2) is 5.38 Å². The largest absolute Gasteiger partial charge is 0.464 e. The van der Waals surface area contributed by atoms with Crippen molar-refractivity contribution in [2.45, 2.75) is 26.4 Å². The number of rotatable bonds is 2. The van der Waals surface area contributed by atoms with Crippen LogP contribution in [0.1, 0.15) is 36.3 Å². The molecule has 0 atom stereocenters. The van der Waals surface area contributed by atoms with Crippen LogP contribution in [0.5, 0.6) is 0 Å². The van der Waals surface area contributed by atoms with Crippen molar-refractivity contribution in [3.63, 3.8) is 0 Å². The molecule has 1 aromatic rings. The molecule has 0 spiro atoms. The number of hydrogen-bond acceptors (Lipinski definition) is 6. The lowest BCUT2D eigenvalue weighted by molar-refractivity contribution is 0.0533. The molecule has 0 radical (unpaired) electrons. The van der Waals surface area contributed by atoms with Gasteiger partial charge in [-0.15, -0.1) is 11.3 Å². The zero-order valence-electron chi connectivity index (χ0n) is 11.8. The van der Waals surface area contributed by atoms with E-state index in [-0.39, 0.29) is 12.2 Å². The summed E-state index contributed by atoms with van der Waals surface area (Å²) in [5, 5.41) is 4.55. The number of amides is 1. The van der Waals surface area contributed by atoms with E-state index in [1.54, 1.807) is 26.2 Å². The van der Waals surface area contributed by atoms with Crippen molar-refractivity contribution < 1.29 is 19.1 Å². The summed E-state index contributed by atoms with van der Waals surface area (Å²) in [6.07, 6.45) is -0.527. The molecule has 0 unspecified atom stereocenters. The van der Waals surface area contributed by atoms with Crippen LogP contribution in [0.4, 0.5) is 4.79 Å². The maximum atomic E-state index is 11.3. The molecule has 6 nitrogen and oxygen atoms in total. The third-order valence-electron chi connectivity index (χ3n) is 1.81. The van der Waals surface area contributed by atoms with Crippen molar-refractivity contribution in [3.8, 4) is 11.8 Å². The number of methoxy groups -OCH3 is 1. The molecule has 0 aromatic carbocycles. The van der Waals surface area contributed by atoms with E-state index in [4.69, 9.17) is 4.74 Å². The first-order valence-electron chi connectivity index (χ1n) is 5.81. The Bertz CT molecular complexity index is 549. The van der Waals surface area contributed by atoms with E-state index in [9.17, 15) is 9.59 Å². The van der Waals surface area contributed by atoms with E-state index in [1.807, 2.05) is 0 Å². The number of nitrogens with zero attached hydrogens (tertiary/aromatic N) is 1. The van der Waals surface area contributed by atoms with Gasteiger partial charge >= 0.3 is 12.1 Å². The molecule has 1 aromatic heterocycles. The third kappa shape index (κ3) is 5.71. The smallest absolute Gasteiger partial charge is 0.408 e. The Morgan fingerprint density at radius 3 is 2.75 bits per heavy atom. The monoisotopic (exact) mass is 296 g/mol. The third-order valence-corrected chi connectivity index (χ3v) is 2.57. The number of carbonyl (C=O) groups is 2. The number of ether oxygens (including phenoxy) is 2. The summed E-state index contributed by atoms with van der Waals surface area (Å²) in [6.45, 7) is 5.48. The Hall–Kier alpha value is -2.07. The lowest BCUT2D eigenvalue weighted by Gasteiger charge is -2.18. The number of thiazole rings is 1. The molecule has 1 amide bonds. The minimum absolute atomic E-state index is 0.141. The van der Waals surface area contributed by atoms with Gasteiger partial charge in [-0.25, -0.2) is 14.6 Å². The molecule has 0 fully saturated rings. The van der Waals surface area contributed by atoms with E-state index in [2.05, 4.69) is 26.9 Å². The molecule has 1 heterocycles. The van der Waals surface area contributed by atoms with Gasteiger partial charge in [-0.3, -0.25) is 0 Å². The number of nitrogens with one attached hydrogen (secondary N) is 1. The van der Waals surface area contributed by atoms with E-state index in [1.165, 1.54) is 18.4 Å². The predicted molar refractivity (Wildman–Crippen MR) is 74.6 cm³/mol. The normalized spacial score (nSPS) is 10.2. The number of carbonyl (C=O) groups excluding carboxylic acids is 2. The van der Waals surface area contributed by atoms with Crippen molar-refractivity contribution in [1.29, 1.82) is 0 Å². The highest BCUT2D eigenvalue weighted by molar-refractivity contribution is 7.10. The zero-order valence-corrected chi connectivity index (χ0v) is 12.6. The number of hydrogen-bond donors (Lipinski definition) is 1. The molecule has 108 valence electrons. The van der Waals surface area contributed by atoms with Gasteiger partial charge in [0.05, 0.1) is 13.7 Å². The van der Waals surface area contributed by atoms with Gasteiger partial charge < -0.3 is 14.8 Å². The molecule has 0 aliphatic rings. The van der Waals surface area contributed by atoms with Gasteiger partial charge in [0.1, 0.15) is 5.60 Å². The van der Waals surface area contributed by atoms with Gasteiger partial charge in [0.2, 0.25) is 0 Å². The summed E-state index contributed by atoms with van der Waals surface area (Å²) in [7, 11) is 1.29. The van der Waals surface area contributed by atoms with Gasteiger partial charge in [-0.2, -0.15) is 0 Å². The van der Waals surface area contributed by atoms with Crippen LogP contribution in [0.2, 0.25) is 0 Å². The van der Waals surface area contributed by atoms with Crippen molar-refractivity contribution in [2.75, 3.05) is 13.7 Å². The highest BCUT2D eigenvalue weighted by Gasteiger charge is 2.15. The highest BCUT2D eigenvalue weighted by atomic mass is 32.1. The highest BCUT2D eigenvalue weighted by Crippen LogP contribution is 2.09. The maximum Gasteiger partial charge on any atom is 0.408 e. The summed E-state index contributed by atoms with van der Waals surface area (Å²) in [5.41, 5.74) is -0.315. The fourth-order valence-corrected chi connectivity index (χ4v) is 1.73. The maximum absolute atomic E-state index is 11.3. The summed E-state index contributed by atoms with van der Waals surface area (Å²) in [4.78, 5) is 26.5. The van der Waals surface area contributed by atoms with E-state index >= 15 is 0 Å². The summed E-state index contributed by atoms with van der Waals surface area (Å²) in [5.74, 6) is 4.97. The van der Waals surface area contributed by atoms with Crippen molar-refractivity contribution in [3.05, 3.63) is 16.1 Å². The summed E-state index contributed by atoms with van der Waals surface area (Å²) < 4.78 is 9.58. The molecule has 0 aliphatic carbocycles. The average Bonchev–Trinajstić information content (AvgIpc) is 2.80. The fraction of sp³-hybridized carbons (Fsp3) is 0.462. The first kappa shape index (κ1) is 16.0. The topological polar surface area (TPSA) is 77.5 Å². The standard InChI is InChI=1S/C13H16N2O4S/c1-13(2,3)19-12(17)14-7-5-6-10-15-9(8-20-10)11(16)18-4/h8H,7H2,1-4H3,(H,14,17). The van der Waals surface area contributed by atoms with E-state index in [0.717, 1.165) is 0 Å². The molecule has 20 heavy (non-hydrogen) atoms. The average molecular weight is 296 g/mol. The van der Waals surface area contributed by atoms with Crippen LogP contribution in [0.3, 0.4) is 0 Å². The summed E-state index contributed by atoms with van der Waals surface area (Å²) in [6, 6.07) is 0. The van der Waals surface area contributed by atoms with Gasteiger partial charge in [0.15, 0.2) is 10.7 Å². The minimum atomic E-state index is -0.539. The van der Waals surface area contributed by atoms with Crippen molar-refractivity contribution in [1.82, 2.24) is 10.3 Å². The van der Waals surface area contributed by atoms with Crippen molar-refractivity contribution in [2.24, 2.45) is 0 Å². The Morgan fingerprint density at radius 2 is 2.15 bits per heavy atom. The number of aromatic nitrogens is 1. The van der Waals surface area contributed by atoms with Crippen molar-refractivity contribution >= 4 is 23.4 Å². The van der Waals surface area contributed by atoms with Crippen LogP contribution in [0, 0.1) is 11.8 Å². The SMILES string of the molecule is COC(=O)c1csc(C#CCNC(=O)OC(C)(C)C)n1. The molecule has 0 aliphatic heterocycles. The lowest BCUT2D eigenvalue weighted by atomic mass is 10.2. The van der Waals surface area contributed by atoms with Crippen LogP contribution >= 0.6 is 11.3 Å². The number of esters is 1. The van der Waals surface area contributed by atoms with Crippen LogP contribution < -0.4 is 5.32 Å². The molecule has 0 saturated heterocycles. The minimum Gasteiger partial charge on any atom is -0.464 e. The van der Waals surface area contributed by atoms with Gasteiger partial charge in [0, 0.05) is 5.38 Å². The Kier molecular flexibility index (Phi) is 5.53. The molecule has 0 saturated carbocycles. The molecule has 1 N–H and O–H groups in total. The quantitative estimate of drug-likeness (QED) is 0.665. The van der Waals surface area contributed by atoms with Gasteiger partial charge in [-0.1, -0.05) is 5.92 Å². The van der Waals surface area contributed by atoms with Crippen LogP contribution in [-0.2, 0) is 9.47 Å². The molecular weight excluding hydrogens is 280 g/mol. The number of alkyl carbamates (subject to hydrolysis) is 1. The molecule has 0 bridgehead atoms. The van der Waals surface area contributed by atoms with Gasteiger partial charge in [-0.05, 0) is 26.7 Å². The zero-order chi connectivity index (χ0) is 15.2. The second kappa shape index (κ2) is 6.91. The van der Waals surface area contributed by atoms with E-state index in [0.29, 0.717) is 5.01 Å². The first-order chi connectivity index (χ1) is 9.31. The molecule has 7 heteroatoms. The lowest BCUT2D eigenvalue weighted by Crippen LogP contribution is -2.32. The summed E-state index contributed by atoms with van der Waals surface area (Å²) >= 11 is 1.23. The van der Waals surface area contributed by atoms with Crippen LogP contribution in [-0.4, -0.2) is 36.3 Å². The second-order valence-corrected chi connectivity index (χ2v) is 5.54. The Labute approximate surface area is 121 Å². The molecular formula is C13H16N2O4S. The first-order valence-corrected chi connectivity index (χ1v) is 6.69.